The molecule has 0 fully saturated rings. The fourth-order valence-corrected chi connectivity index (χ4v) is 1.37. The van der Waals surface area contributed by atoms with E-state index in [2.05, 4.69) is 6.58 Å². The molecule has 1 rings (SSSR count). The van der Waals surface area contributed by atoms with Crippen LogP contribution in [0.2, 0.25) is 0 Å². The van der Waals surface area contributed by atoms with Gasteiger partial charge in [0.25, 0.3) is 5.69 Å². The minimum Gasteiger partial charge on any atom is -0.258 e. The maximum atomic E-state index is 10.9. The lowest BCUT2D eigenvalue weighted by molar-refractivity contribution is -0.385. The van der Waals surface area contributed by atoms with Gasteiger partial charge in [0.2, 0.25) is 0 Å². The maximum absolute atomic E-state index is 10.9. The average molecular weight is 226 g/mol. The van der Waals surface area contributed by atoms with Gasteiger partial charge in [-0.3, -0.25) is 10.1 Å². The summed E-state index contributed by atoms with van der Waals surface area (Å²) in [6.07, 6.45) is 0. The molecule has 0 bridgehead atoms. The normalized spacial score (nSPS) is 10.8. The third-order valence-electron chi connectivity index (χ3n) is 1.68. The highest BCUT2D eigenvalue weighted by Crippen LogP contribution is 2.27. The first-order valence-corrected chi connectivity index (χ1v) is 5.34. The van der Waals surface area contributed by atoms with Crippen LogP contribution in [0.1, 0.15) is 5.56 Å². The smallest absolute Gasteiger partial charge is 0.258 e. The molecule has 0 spiro atoms. The summed E-state index contributed by atoms with van der Waals surface area (Å²) >= 11 is 0. The van der Waals surface area contributed by atoms with Gasteiger partial charge in [-0.15, -0.1) is 4.52 Å². The molecule has 0 aliphatic rings. The van der Waals surface area contributed by atoms with Gasteiger partial charge in [0.15, 0.2) is 5.82 Å². The second-order valence-corrected chi connectivity index (χ2v) is 3.82. The summed E-state index contributed by atoms with van der Waals surface area (Å²) < 4.78 is 15.8. The first-order valence-electron chi connectivity index (χ1n) is 4.09. The van der Waals surface area contributed by atoms with E-state index in [-0.39, 0.29) is 12.3 Å². The Morgan fingerprint density at radius 3 is 2.80 bits per heavy atom. The molecule has 78 valence electrons. The van der Waals surface area contributed by atoms with Gasteiger partial charge in [-0.25, -0.2) is 0 Å². The lowest BCUT2D eigenvalue weighted by atomic mass is 10.2. The predicted molar refractivity (Wildman–Crippen MR) is 55.7 cm³/mol. The monoisotopic (exact) mass is 226 g/mol. The minimum atomic E-state index is -1.94. The van der Waals surface area contributed by atoms with Crippen molar-refractivity contribution in [2.24, 2.45) is 0 Å². The molecule has 0 amide bonds. The molecular weight excluding hydrogens is 217 g/mol. The topological polar surface area (TPSA) is 69.4 Å². The van der Waals surface area contributed by atoms with Crippen molar-refractivity contribution in [3.63, 3.8) is 0 Å². The van der Waals surface area contributed by atoms with Crippen LogP contribution in [0.15, 0.2) is 36.7 Å². The van der Waals surface area contributed by atoms with Crippen molar-refractivity contribution >= 4 is 13.7 Å². The Balaban J connectivity index is 2.80. The number of hydrogen-bond acceptors (Lipinski definition) is 4. The van der Waals surface area contributed by atoms with Gasteiger partial charge < -0.3 is 0 Å². The van der Waals surface area contributed by atoms with Crippen LogP contribution in [0.5, 0.6) is 0 Å². The zero-order chi connectivity index (χ0) is 11.3. The van der Waals surface area contributed by atoms with E-state index in [1.165, 1.54) is 6.07 Å². The minimum absolute atomic E-state index is 0.0371. The van der Waals surface area contributed by atoms with Crippen molar-refractivity contribution in [1.82, 2.24) is 0 Å². The first kappa shape index (κ1) is 11.5. The Morgan fingerprint density at radius 1 is 1.53 bits per heavy atom. The number of nitro groups is 1. The van der Waals surface area contributed by atoms with Crippen LogP contribution in [-0.2, 0) is 15.7 Å². The predicted octanol–water partition coefficient (Wildman–Crippen LogP) is 3.00. The van der Waals surface area contributed by atoms with Crippen molar-refractivity contribution in [2.45, 2.75) is 6.61 Å². The molecule has 5 nitrogen and oxygen atoms in total. The van der Waals surface area contributed by atoms with E-state index < -0.39 is 13.0 Å². The lowest BCUT2D eigenvalue weighted by Crippen LogP contribution is -1.95. The molecule has 15 heavy (non-hydrogen) atoms. The zero-order valence-corrected chi connectivity index (χ0v) is 8.72. The summed E-state index contributed by atoms with van der Waals surface area (Å²) in [4.78, 5) is 10.1. The van der Waals surface area contributed by atoms with Crippen molar-refractivity contribution in [3.8, 4) is 0 Å². The molecule has 0 aliphatic heterocycles. The average Bonchev–Trinajstić information content (AvgIpc) is 2.26. The van der Waals surface area contributed by atoms with Crippen molar-refractivity contribution in [2.75, 3.05) is 0 Å². The molecule has 0 radical (unpaired) electrons. The Bertz CT molecular complexity index is 405. The van der Waals surface area contributed by atoms with Crippen molar-refractivity contribution in [3.05, 3.63) is 52.3 Å². The molecule has 0 saturated heterocycles. The molecular formula is C9H9NO4P+. The second-order valence-electron chi connectivity index (χ2n) is 2.63. The molecule has 0 aromatic heterocycles. The van der Waals surface area contributed by atoms with E-state index in [4.69, 9.17) is 4.52 Å². The molecule has 0 heterocycles. The highest BCUT2D eigenvalue weighted by atomic mass is 31.1. The van der Waals surface area contributed by atoms with Crippen LogP contribution < -0.4 is 0 Å². The van der Waals surface area contributed by atoms with Gasteiger partial charge in [0.1, 0.15) is 6.61 Å². The summed E-state index contributed by atoms with van der Waals surface area (Å²) in [6.45, 7) is 3.23. The number of rotatable bonds is 5. The van der Waals surface area contributed by atoms with Gasteiger partial charge in [-0.1, -0.05) is 12.1 Å². The largest absolute Gasteiger partial charge is 0.540 e. The SMILES string of the molecule is C=C[P+](=O)OCc1ccccc1[N+](=O)[O-]. The van der Waals surface area contributed by atoms with Gasteiger partial charge in [-0.05, 0) is 17.2 Å². The summed E-state index contributed by atoms with van der Waals surface area (Å²) in [7, 11) is -1.94. The van der Waals surface area contributed by atoms with E-state index in [0.29, 0.717) is 5.56 Å². The lowest BCUT2D eigenvalue weighted by Gasteiger charge is -1.97. The Morgan fingerprint density at radius 2 is 2.20 bits per heavy atom. The van der Waals surface area contributed by atoms with Crippen molar-refractivity contribution in [1.29, 1.82) is 0 Å². The summed E-state index contributed by atoms with van der Waals surface area (Å²) in [5, 5.41) is 10.6. The fourth-order valence-electron chi connectivity index (χ4n) is 0.997. The van der Waals surface area contributed by atoms with E-state index in [1.807, 2.05) is 0 Å². The molecule has 1 aromatic carbocycles. The van der Waals surface area contributed by atoms with Crippen LogP contribution in [0, 0.1) is 10.1 Å². The number of hydrogen-bond donors (Lipinski definition) is 0. The van der Waals surface area contributed by atoms with Gasteiger partial charge >= 0.3 is 8.03 Å². The Kier molecular flexibility index (Phi) is 4.09. The molecule has 6 heteroatoms. The van der Waals surface area contributed by atoms with E-state index in [9.17, 15) is 14.7 Å². The second kappa shape index (κ2) is 5.34. The third-order valence-corrected chi connectivity index (χ3v) is 2.37. The van der Waals surface area contributed by atoms with Crippen LogP contribution in [0.3, 0.4) is 0 Å². The van der Waals surface area contributed by atoms with Crippen LogP contribution in [0.4, 0.5) is 5.69 Å². The van der Waals surface area contributed by atoms with Crippen LogP contribution in [0.25, 0.3) is 0 Å². The third kappa shape index (κ3) is 3.23. The molecule has 0 N–H and O–H groups in total. The molecule has 1 atom stereocenters. The van der Waals surface area contributed by atoms with E-state index in [1.54, 1.807) is 18.2 Å². The van der Waals surface area contributed by atoms with Crippen LogP contribution >= 0.6 is 8.03 Å². The van der Waals surface area contributed by atoms with E-state index >= 15 is 0 Å². The standard InChI is InChI=1S/C9H9NO4P/c1-2-15(13)14-7-8-5-3-4-6-9(8)10(11)12/h2-6H,1,7H2/q+1. The Labute approximate surface area is 87.4 Å². The summed E-state index contributed by atoms with van der Waals surface area (Å²) in [5.74, 6) is 1.16. The molecule has 1 unspecified atom stereocenters. The van der Waals surface area contributed by atoms with Crippen LogP contribution in [-0.4, -0.2) is 4.92 Å². The Hall–Kier alpha value is -1.58. The number of nitrogens with zero attached hydrogens (tertiary/aromatic N) is 1. The first-order chi connectivity index (χ1) is 7.15. The number of nitro benzene ring substituents is 1. The molecule has 1 aromatic rings. The molecule has 0 aliphatic carbocycles. The zero-order valence-electron chi connectivity index (χ0n) is 7.83. The number of benzene rings is 1. The van der Waals surface area contributed by atoms with E-state index in [0.717, 1.165) is 5.82 Å². The number of para-hydroxylation sites is 1. The summed E-state index contributed by atoms with van der Waals surface area (Å²) in [6, 6.07) is 6.16. The van der Waals surface area contributed by atoms with Gasteiger partial charge in [0, 0.05) is 6.07 Å². The highest BCUT2D eigenvalue weighted by Gasteiger charge is 2.17. The highest BCUT2D eigenvalue weighted by molar-refractivity contribution is 7.42. The van der Waals surface area contributed by atoms with Gasteiger partial charge in [-0.2, -0.15) is 0 Å². The van der Waals surface area contributed by atoms with Crippen molar-refractivity contribution < 1.29 is 14.0 Å². The summed E-state index contributed by atoms with van der Waals surface area (Å²) in [5.41, 5.74) is 0.359. The fraction of sp³-hybridized carbons (Fsp3) is 0.111. The van der Waals surface area contributed by atoms with Gasteiger partial charge in [0.05, 0.1) is 10.5 Å². The maximum Gasteiger partial charge on any atom is 0.540 e. The quantitative estimate of drug-likeness (QED) is 0.439. The molecule has 0 saturated carbocycles.